The molecule has 0 amide bonds. The van der Waals surface area contributed by atoms with Gasteiger partial charge in [-0.05, 0) is 47.6 Å². The standard InChI is InChI=1S/C20H30O4/c1-8-15(4)18(21)23-16(17-19(5,6)24-17)13-14(3)11-10-12-20(7,22)9-2/h8-12,16-17,22H,2,13H2,1,3-7H3/b12-10+,14-11+,15-8+. The van der Waals surface area contributed by atoms with E-state index in [1.165, 1.54) is 6.08 Å². The maximum atomic E-state index is 12.1. The van der Waals surface area contributed by atoms with Crippen LogP contribution in [-0.2, 0) is 14.3 Å². The Bertz CT molecular complexity index is 564. The molecule has 0 radical (unpaired) electrons. The molecule has 0 saturated carbocycles. The van der Waals surface area contributed by atoms with Crippen LogP contribution >= 0.6 is 0 Å². The van der Waals surface area contributed by atoms with Crippen molar-refractivity contribution >= 4 is 5.97 Å². The Labute approximate surface area is 145 Å². The lowest BCUT2D eigenvalue weighted by molar-refractivity contribution is -0.145. The molecule has 1 aliphatic rings. The summed E-state index contributed by atoms with van der Waals surface area (Å²) in [6.07, 6.45) is 8.70. The quantitative estimate of drug-likeness (QED) is 0.241. The predicted octanol–water partition coefficient (Wildman–Crippen LogP) is 3.87. The van der Waals surface area contributed by atoms with Crippen LogP contribution in [0.5, 0.6) is 0 Å². The monoisotopic (exact) mass is 334 g/mol. The van der Waals surface area contributed by atoms with Gasteiger partial charge in [0.1, 0.15) is 12.2 Å². The van der Waals surface area contributed by atoms with Gasteiger partial charge in [0.05, 0.1) is 11.2 Å². The predicted molar refractivity (Wildman–Crippen MR) is 96.6 cm³/mol. The molecule has 24 heavy (non-hydrogen) atoms. The third-order valence-electron chi connectivity index (χ3n) is 4.16. The Morgan fingerprint density at radius 2 is 2.04 bits per heavy atom. The molecular formula is C20H30O4. The summed E-state index contributed by atoms with van der Waals surface area (Å²) in [5.74, 6) is -0.313. The van der Waals surface area contributed by atoms with E-state index in [0.717, 1.165) is 5.57 Å². The minimum atomic E-state index is -1.03. The molecule has 3 unspecified atom stereocenters. The lowest BCUT2D eigenvalue weighted by Gasteiger charge is -2.17. The first-order valence-electron chi connectivity index (χ1n) is 8.25. The van der Waals surface area contributed by atoms with Crippen molar-refractivity contribution in [1.82, 2.24) is 0 Å². The Kier molecular flexibility index (Phi) is 6.76. The van der Waals surface area contributed by atoms with Gasteiger partial charge in [-0.3, -0.25) is 0 Å². The summed E-state index contributed by atoms with van der Waals surface area (Å²) in [5.41, 5.74) is 0.320. The third kappa shape index (κ3) is 6.10. The van der Waals surface area contributed by atoms with Crippen LogP contribution < -0.4 is 0 Å². The fraction of sp³-hybridized carbons (Fsp3) is 0.550. The number of ether oxygens (including phenoxy) is 2. The van der Waals surface area contributed by atoms with Crippen molar-refractivity contribution in [2.24, 2.45) is 0 Å². The third-order valence-corrected chi connectivity index (χ3v) is 4.16. The van der Waals surface area contributed by atoms with Crippen LogP contribution in [0, 0.1) is 0 Å². The Balaban J connectivity index is 2.78. The maximum Gasteiger partial charge on any atom is 0.333 e. The summed E-state index contributed by atoms with van der Waals surface area (Å²) >= 11 is 0. The zero-order valence-electron chi connectivity index (χ0n) is 15.6. The van der Waals surface area contributed by atoms with Gasteiger partial charge in [-0.15, -0.1) is 0 Å². The number of aliphatic hydroxyl groups is 1. The number of epoxide rings is 1. The highest BCUT2D eigenvalue weighted by Crippen LogP contribution is 2.40. The lowest BCUT2D eigenvalue weighted by Crippen LogP contribution is -2.28. The number of rotatable bonds is 8. The topological polar surface area (TPSA) is 59.1 Å². The van der Waals surface area contributed by atoms with E-state index >= 15 is 0 Å². The van der Waals surface area contributed by atoms with E-state index in [0.29, 0.717) is 12.0 Å². The van der Waals surface area contributed by atoms with Crippen LogP contribution in [0.2, 0.25) is 0 Å². The van der Waals surface area contributed by atoms with Gasteiger partial charge in [0.25, 0.3) is 0 Å². The smallest absolute Gasteiger partial charge is 0.333 e. The van der Waals surface area contributed by atoms with Crippen molar-refractivity contribution in [1.29, 1.82) is 0 Å². The van der Waals surface area contributed by atoms with Crippen molar-refractivity contribution in [2.45, 2.75) is 71.4 Å². The van der Waals surface area contributed by atoms with Crippen LogP contribution in [0.25, 0.3) is 0 Å². The first kappa shape index (κ1) is 20.4. The van der Waals surface area contributed by atoms with Gasteiger partial charge in [0.2, 0.25) is 0 Å². The van der Waals surface area contributed by atoms with E-state index in [1.807, 2.05) is 33.8 Å². The SMILES string of the molecule is C=CC(C)(O)/C=C/C=C(\C)CC(OC(=O)/C(C)=C/C)C1OC1(C)C. The van der Waals surface area contributed by atoms with Crippen LogP contribution in [0.3, 0.4) is 0 Å². The Hall–Kier alpha value is -1.65. The van der Waals surface area contributed by atoms with Crippen molar-refractivity contribution in [3.05, 3.63) is 48.1 Å². The van der Waals surface area contributed by atoms with Crippen LogP contribution in [0.15, 0.2) is 48.1 Å². The molecule has 0 bridgehead atoms. The molecule has 3 atom stereocenters. The van der Waals surface area contributed by atoms with Crippen LogP contribution in [0.4, 0.5) is 0 Å². The molecule has 1 aliphatic heterocycles. The van der Waals surface area contributed by atoms with E-state index in [9.17, 15) is 9.90 Å². The molecule has 1 fully saturated rings. The normalized spacial score (nSPS) is 24.4. The molecule has 4 nitrogen and oxygen atoms in total. The number of hydrogen-bond donors (Lipinski definition) is 1. The molecule has 0 aromatic heterocycles. The van der Waals surface area contributed by atoms with E-state index in [-0.39, 0.29) is 23.8 Å². The highest BCUT2D eigenvalue weighted by Gasteiger charge is 2.54. The van der Waals surface area contributed by atoms with Gasteiger partial charge in [0.15, 0.2) is 0 Å². The molecule has 4 heteroatoms. The van der Waals surface area contributed by atoms with Crippen molar-refractivity contribution in [3.8, 4) is 0 Å². The second kappa shape index (κ2) is 7.95. The van der Waals surface area contributed by atoms with Gasteiger partial charge < -0.3 is 14.6 Å². The highest BCUT2D eigenvalue weighted by molar-refractivity contribution is 5.87. The molecule has 0 aromatic rings. The van der Waals surface area contributed by atoms with E-state index < -0.39 is 5.60 Å². The molecular weight excluding hydrogens is 304 g/mol. The van der Waals surface area contributed by atoms with Crippen LogP contribution in [-0.4, -0.2) is 34.5 Å². The zero-order valence-corrected chi connectivity index (χ0v) is 15.6. The van der Waals surface area contributed by atoms with E-state index in [2.05, 4.69) is 6.58 Å². The second-order valence-corrected chi connectivity index (χ2v) is 7.06. The number of carbonyl (C=O) groups excluding carboxylic acids is 1. The van der Waals surface area contributed by atoms with Gasteiger partial charge in [-0.1, -0.05) is 36.5 Å². The van der Waals surface area contributed by atoms with Crippen molar-refractivity contribution < 1.29 is 19.4 Å². The molecule has 0 spiro atoms. The average Bonchev–Trinajstić information content (AvgIpc) is 3.14. The number of allylic oxidation sites excluding steroid dienone is 3. The summed E-state index contributed by atoms with van der Waals surface area (Å²) in [7, 11) is 0. The highest BCUT2D eigenvalue weighted by atomic mass is 16.6. The summed E-state index contributed by atoms with van der Waals surface area (Å²) in [5, 5.41) is 9.86. The molecule has 1 rings (SSSR count). The lowest BCUT2D eigenvalue weighted by atomic mass is 9.99. The minimum absolute atomic E-state index is 0.102. The fourth-order valence-electron chi connectivity index (χ4n) is 2.24. The summed E-state index contributed by atoms with van der Waals surface area (Å²) in [6.45, 7) is 14.7. The van der Waals surface area contributed by atoms with Gasteiger partial charge >= 0.3 is 5.97 Å². The second-order valence-electron chi connectivity index (χ2n) is 7.06. The molecule has 134 valence electrons. The average molecular weight is 334 g/mol. The first-order chi connectivity index (χ1) is 11.0. The number of carbonyl (C=O) groups is 1. The Morgan fingerprint density at radius 3 is 2.50 bits per heavy atom. The van der Waals surface area contributed by atoms with Crippen molar-refractivity contribution in [2.75, 3.05) is 0 Å². The molecule has 1 heterocycles. The molecule has 1 saturated heterocycles. The van der Waals surface area contributed by atoms with Crippen molar-refractivity contribution in [3.63, 3.8) is 0 Å². The number of hydrogen-bond acceptors (Lipinski definition) is 4. The molecule has 0 aromatic carbocycles. The zero-order chi connectivity index (χ0) is 18.5. The van der Waals surface area contributed by atoms with Gasteiger partial charge in [-0.2, -0.15) is 0 Å². The summed E-state index contributed by atoms with van der Waals surface area (Å²) < 4.78 is 11.3. The first-order valence-corrected chi connectivity index (χ1v) is 8.25. The van der Waals surface area contributed by atoms with Gasteiger partial charge in [0, 0.05) is 12.0 Å². The fourth-order valence-corrected chi connectivity index (χ4v) is 2.24. The minimum Gasteiger partial charge on any atom is -0.456 e. The summed E-state index contributed by atoms with van der Waals surface area (Å²) in [6, 6.07) is 0. The van der Waals surface area contributed by atoms with E-state index in [1.54, 1.807) is 32.1 Å². The molecule has 1 N–H and O–H groups in total. The van der Waals surface area contributed by atoms with E-state index in [4.69, 9.17) is 9.47 Å². The maximum absolute atomic E-state index is 12.1. The molecule has 0 aliphatic carbocycles. The Morgan fingerprint density at radius 1 is 1.46 bits per heavy atom. The van der Waals surface area contributed by atoms with Gasteiger partial charge in [-0.25, -0.2) is 4.79 Å². The largest absolute Gasteiger partial charge is 0.456 e. The number of esters is 1. The summed E-state index contributed by atoms with van der Waals surface area (Å²) in [4.78, 5) is 12.1. The van der Waals surface area contributed by atoms with Crippen LogP contribution in [0.1, 0.15) is 48.0 Å².